The van der Waals surface area contributed by atoms with E-state index in [-0.39, 0.29) is 4.87 Å². The van der Waals surface area contributed by atoms with Crippen LogP contribution >= 0.6 is 11.3 Å². The van der Waals surface area contributed by atoms with Crippen LogP contribution in [0.5, 0.6) is 0 Å². The molecule has 0 unspecified atom stereocenters. The van der Waals surface area contributed by atoms with Crippen LogP contribution in [0, 0.1) is 13.8 Å². The van der Waals surface area contributed by atoms with Crippen molar-refractivity contribution in [3.63, 3.8) is 0 Å². The lowest BCUT2D eigenvalue weighted by atomic mass is 10.3. The molecule has 1 aromatic carbocycles. The first-order valence-corrected chi connectivity index (χ1v) is 5.26. The van der Waals surface area contributed by atoms with Gasteiger partial charge in [-0.25, -0.2) is 0 Å². The van der Waals surface area contributed by atoms with Crippen LogP contribution in [0.2, 0.25) is 0 Å². The number of aryl methyl sites for hydroxylation is 1. The number of hydrogen-bond acceptors (Lipinski definition) is 2. The predicted octanol–water partition coefficient (Wildman–Crippen LogP) is 2.52. The van der Waals surface area contributed by atoms with Gasteiger partial charge in [-0.2, -0.15) is 0 Å². The van der Waals surface area contributed by atoms with Gasteiger partial charge in [-0.3, -0.25) is 9.36 Å². The van der Waals surface area contributed by atoms with Crippen molar-refractivity contribution in [1.29, 1.82) is 0 Å². The highest BCUT2D eigenvalue weighted by Crippen LogP contribution is 2.14. The summed E-state index contributed by atoms with van der Waals surface area (Å²) in [6.45, 7) is 3.95. The van der Waals surface area contributed by atoms with E-state index in [1.165, 1.54) is 11.3 Å². The molecule has 1 aromatic heterocycles. The molecule has 0 bridgehead atoms. The van der Waals surface area contributed by atoms with E-state index < -0.39 is 0 Å². The maximum atomic E-state index is 11.6. The van der Waals surface area contributed by atoms with Gasteiger partial charge in [-0.1, -0.05) is 29.5 Å². The molecule has 72 valence electrons. The summed E-state index contributed by atoms with van der Waals surface area (Å²) in [5.74, 6) is 0. The number of aromatic nitrogens is 1. The Kier molecular flexibility index (Phi) is 2.25. The summed E-state index contributed by atoms with van der Waals surface area (Å²) < 4.78 is 1.75. The van der Waals surface area contributed by atoms with Crippen molar-refractivity contribution >= 4 is 11.3 Å². The minimum absolute atomic E-state index is 0.0891. The van der Waals surface area contributed by atoms with Crippen molar-refractivity contribution in [1.82, 2.24) is 4.57 Å². The molecule has 0 aliphatic carbocycles. The van der Waals surface area contributed by atoms with Crippen LogP contribution in [0.3, 0.4) is 0 Å². The van der Waals surface area contributed by atoms with Gasteiger partial charge < -0.3 is 0 Å². The van der Waals surface area contributed by atoms with Gasteiger partial charge in [0.15, 0.2) is 0 Å². The summed E-state index contributed by atoms with van der Waals surface area (Å²) in [6.07, 6.45) is 0. The van der Waals surface area contributed by atoms with Gasteiger partial charge in [0.1, 0.15) is 0 Å². The lowest BCUT2D eigenvalue weighted by Crippen LogP contribution is -2.11. The molecule has 2 nitrogen and oxygen atoms in total. The van der Waals surface area contributed by atoms with E-state index in [9.17, 15) is 4.79 Å². The minimum Gasteiger partial charge on any atom is -0.272 e. The Morgan fingerprint density at radius 2 is 1.79 bits per heavy atom. The Morgan fingerprint density at radius 1 is 1.14 bits per heavy atom. The second kappa shape index (κ2) is 3.42. The highest BCUT2D eigenvalue weighted by Gasteiger charge is 2.07. The molecule has 0 saturated carbocycles. The molecular weight excluding hydrogens is 194 g/mol. The summed E-state index contributed by atoms with van der Waals surface area (Å²) in [6, 6.07) is 9.71. The minimum atomic E-state index is 0.0891. The van der Waals surface area contributed by atoms with E-state index in [0.717, 1.165) is 16.3 Å². The third-order valence-corrected chi connectivity index (χ3v) is 3.24. The van der Waals surface area contributed by atoms with E-state index in [0.29, 0.717) is 0 Å². The maximum absolute atomic E-state index is 11.6. The summed E-state index contributed by atoms with van der Waals surface area (Å²) in [5, 5.41) is 0. The number of thiazole rings is 1. The Bertz CT molecular complexity index is 496. The van der Waals surface area contributed by atoms with Crippen LogP contribution in [0.1, 0.15) is 10.6 Å². The van der Waals surface area contributed by atoms with Crippen molar-refractivity contribution in [3.8, 4) is 5.69 Å². The van der Waals surface area contributed by atoms with E-state index in [1.807, 2.05) is 44.2 Å². The zero-order valence-electron chi connectivity index (χ0n) is 8.15. The summed E-state index contributed by atoms with van der Waals surface area (Å²) in [5.41, 5.74) is 1.98. The fourth-order valence-corrected chi connectivity index (χ4v) is 2.26. The van der Waals surface area contributed by atoms with Crippen molar-refractivity contribution < 1.29 is 0 Å². The SMILES string of the molecule is Cc1sc(=O)n(-c2ccccc2)c1C. The Balaban J connectivity index is 2.69. The molecule has 0 amide bonds. The Hall–Kier alpha value is -1.35. The second-order valence-electron chi connectivity index (χ2n) is 3.18. The largest absolute Gasteiger partial charge is 0.312 e. The first kappa shape index (κ1) is 9.21. The molecule has 14 heavy (non-hydrogen) atoms. The summed E-state index contributed by atoms with van der Waals surface area (Å²) in [7, 11) is 0. The van der Waals surface area contributed by atoms with Crippen LogP contribution in [0.4, 0.5) is 0 Å². The fourth-order valence-electron chi connectivity index (χ4n) is 1.42. The summed E-state index contributed by atoms with van der Waals surface area (Å²) in [4.78, 5) is 12.8. The average molecular weight is 205 g/mol. The van der Waals surface area contributed by atoms with Gasteiger partial charge >= 0.3 is 4.87 Å². The van der Waals surface area contributed by atoms with Crippen molar-refractivity contribution in [3.05, 3.63) is 50.6 Å². The normalized spacial score (nSPS) is 10.4. The lowest BCUT2D eigenvalue weighted by Gasteiger charge is -2.03. The van der Waals surface area contributed by atoms with E-state index in [4.69, 9.17) is 0 Å². The number of para-hydroxylation sites is 1. The van der Waals surface area contributed by atoms with E-state index in [1.54, 1.807) is 4.57 Å². The van der Waals surface area contributed by atoms with Gasteiger partial charge in [-0.05, 0) is 26.0 Å². The van der Waals surface area contributed by atoms with Crippen molar-refractivity contribution in [2.45, 2.75) is 13.8 Å². The molecule has 0 N–H and O–H groups in total. The van der Waals surface area contributed by atoms with E-state index >= 15 is 0 Å². The Morgan fingerprint density at radius 3 is 2.29 bits per heavy atom. The third-order valence-electron chi connectivity index (χ3n) is 2.28. The molecule has 3 heteroatoms. The lowest BCUT2D eigenvalue weighted by molar-refractivity contribution is 0.972. The second-order valence-corrected chi connectivity index (χ2v) is 4.35. The first-order chi connectivity index (χ1) is 6.70. The molecule has 1 heterocycles. The standard InChI is InChI=1S/C11H11NOS/c1-8-9(2)14-11(13)12(8)10-6-4-3-5-7-10/h3-7H,1-2H3. The molecule has 0 saturated heterocycles. The van der Waals surface area contributed by atoms with Gasteiger partial charge in [0.2, 0.25) is 0 Å². The zero-order valence-corrected chi connectivity index (χ0v) is 8.97. The molecule has 0 aliphatic rings. The van der Waals surface area contributed by atoms with Crippen LogP contribution in [0.15, 0.2) is 35.1 Å². The molecule has 0 spiro atoms. The smallest absolute Gasteiger partial charge is 0.272 e. The average Bonchev–Trinajstić information content (AvgIpc) is 2.43. The van der Waals surface area contributed by atoms with Gasteiger partial charge in [0, 0.05) is 16.3 Å². The van der Waals surface area contributed by atoms with Gasteiger partial charge in [-0.15, -0.1) is 0 Å². The number of benzene rings is 1. The Labute approximate surface area is 86.4 Å². The molecule has 2 aromatic rings. The number of nitrogens with zero attached hydrogens (tertiary/aromatic N) is 1. The number of hydrogen-bond donors (Lipinski definition) is 0. The molecule has 0 aliphatic heterocycles. The molecule has 0 fully saturated rings. The van der Waals surface area contributed by atoms with Crippen molar-refractivity contribution in [2.75, 3.05) is 0 Å². The predicted molar refractivity (Wildman–Crippen MR) is 59.4 cm³/mol. The highest BCUT2D eigenvalue weighted by molar-refractivity contribution is 7.09. The third kappa shape index (κ3) is 1.40. The zero-order chi connectivity index (χ0) is 10.1. The van der Waals surface area contributed by atoms with Crippen LogP contribution < -0.4 is 4.87 Å². The molecule has 2 rings (SSSR count). The van der Waals surface area contributed by atoms with Gasteiger partial charge in [0.25, 0.3) is 0 Å². The molecule has 0 radical (unpaired) electrons. The van der Waals surface area contributed by atoms with Crippen LogP contribution in [-0.2, 0) is 0 Å². The topological polar surface area (TPSA) is 22.0 Å². The summed E-state index contributed by atoms with van der Waals surface area (Å²) >= 11 is 1.30. The monoisotopic (exact) mass is 205 g/mol. The molecule has 0 atom stereocenters. The van der Waals surface area contributed by atoms with Crippen LogP contribution in [0.25, 0.3) is 5.69 Å². The highest BCUT2D eigenvalue weighted by atomic mass is 32.1. The maximum Gasteiger partial charge on any atom is 0.312 e. The first-order valence-electron chi connectivity index (χ1n) is 4.44. The van der Waals surface area contributed by atoms with Crippen molar-refractivity contribution in [2.24, 2.45) is 0 Å². The van der Waals surface area contributed by atoms with Gasteiger partial charge in [0.05, 0.1) is 0 Å². The number of rotatable bonds is 1. The van der Waals surface area contributed by atoms with E-state index in [2.05, 4.69) is 0 Å². The quantitative estimate of drug-likeness (QED) is 0.701. The fraction of sp³-hybridized carbons (Fsp3) is 0.182. The molecular formula is C11H11NOS. The van der Waals surface area contributed by atoms with Crippen LogP contribution in [-0.4, -0.2) is 4.57 Å².